The highest BCUT2D eigenvalue weighted by Gasteiger charge is 1.95. The van der Waals surface area contributed by atoms with Crippen molar-refractivity contribution in [1.82, 2.24) is 0 Å². The van der Waals surface area contributed by atoms with Gasteiger partial charge in [-0.05, 0) is 36.1 Å². The molecule has 2 aromatic carbocycles. The van der Waals surface area contributed by atoms with Gasteiger partial charge in [-0.2, -0.15) is 0 Å². The van der Waals surface area contributed by atoms with Crippen LogP contribution in [0.25, 0.3) is 0 Å². The summed E-state index contributed by atoms with van der Waals surface area (Å²) in [6.07, 6.45) is 4.09. The van der Waals surface area contributed by atoms with Crippen molar-refractivity contribution in [2.75, 3.05) is 0 Å². The third-order valence-corrected chi connectivity index (χ3v) is 3.02. The van der Waals surface area contributed by atoms with Crippen LogP contribution in [0, 0.1) is 0 Å². The van der Waals surface area contributed by atoms with E-state index in [1.807, 2.05) is 36.4 Å². The lowest BCUT2D eigenvalue weighted by molar-refractivity contribution is 0.467. The molecule has 0 aliphatic heterocycles. The van der Waals surface area contributed by atoms with Crippen molar-refractivity contribution in [2.24, 2.45) is 0 Å². The van der Waals surface area contributed by atoms with Gasteiger partial charge in [0.15, 0.2) is 0 Å². The van der Waals surface area contributed by atoms with E-state index in [1.165, 1.54) is 0 Å². The Hall–Kier alpha value is -1.96. The van der Waals surface area contributed by atoms with E-state index in [1.54, 1.807) is 12.1 Å². The predicted molar refractivity (Wildman–Crippen MR) is 84.2 cm³/mol. The zero-order chi connectivity index (χ0) is 14.8. The van der Waals surface area contributed by atoms with E-state index in [0.717, 1.165) is 36.8 Å². The third-order valence-electron chi connectivity index (χ3n) is 3.02. The van der Waals surface area contributed by atoms with Crippen LogP contribution in [-0.4, -0.2) is 10.2 Å². The Morgan fingerprint density at radius 2 is 1.00 bits per heavy atom. The molecule has 0 aliphatic rings. The Kier molecular flexibility index (Phi) is 7.26. The summed E-state index contributed by atoms with van der Waals surface area (Å²) in [6, 6.07) is 15.0. The average molecular weight is 272 g/mol. The molecular formula is C18H24O2. The number of hydrogen-bond acceptors (Lipinski definition) is 2. The summed E-state index contributed by atoms with van der Waals surface area (Å²) in [5.41, 5.74) is 2.09. The smallest absolute Gasteiger partial charge is 0.118 e. The lowest BCUT2D eigenvalue weighted by Gasteiger charge is -1.99. The molecule has 0 aromatic heterocycles. The Bertz CT molecular complexity index is 459. The lowest BCUT2D eigenvalue weighted by atomic mass is 10.1. The second-order valence-electron chi connectivity index (χ2n) is 4.76. The second kappa shape index (κ2) is 9.03. The van der Waals surface area contributed by atoms with E-state index in [2.05, 4.69) is 13.8 Å². The summed E-state index contributed by atoms with van der Waals surface area (Å²) in [5, 5.41) is 18.5. The molecule has 0 bridgehead atoms. The minimum Gasteiger partial charge on any atom is -0.508 e. The predicted octanol–water partition coefficient (Wildman–Crippen LogP) is 4.69. The van der Waals surface area contributed by atoms with Gasteiger partial charge in [-0.25, -0.2) is 0 Å². The number of para-hydroxylation sites is 2. The first-order valence-electron chi connectivity index (χ1n) is 7.22. The van der Waals surface area contributed by atoms with Gasteiger partial charge in [-0.3, -0.25) is 0 Å². The number of phenols is 2. The number of hydrogen-bond donors (Lipinski definition) is 2. The van der Waals surface area contributed by atoms with Crippen molar-refractivity contribution >= 4 is 0 Å². The number of aryl methyl sites for hydroxylation is 2. The first-order valence-corrected chi connectivity index (χ1v) is 7.22. The zero-order valence-corrected chi connectivity index (χ0v) is 12.3. The molecule has 2 aromatic rings. The standard InChI is InChI=1S/2C9H12O/c2*1-2-5-8-6-3-4-7-9(8)10/h2*3-4,6-7,10H,2,5H2,1H3. The van der Waals surface area contributed by atoms with E-state index < -0.39 is 0 Å². The van der Waals surface area contributed by atoms with Crippen LogP contribution in [0.2, 0.25) is 0 Å². The molecule has 0 amide bonds. The molecule has 2 N–H and O–H groups in total. The van der Waals surface area contributed by atoms with Crippen LogP contribution >= 0.6 is 0 Å². The first-order chi connectivity index (χ1) is 9.69. The van der Waals surface area contributed by atoms with E-state index in [0.29, 0.717) is 11.5 Å². The summed E-state index contributed by atoms with van der Waals surface area (Å²) >= 11 is 0. The van der Waals surface area contributed by atoms with Crippen molar-refractivity contribution in [3.05, 3.63) is 59.7 Å². The van der Waals surface area contributed by atoms with Gasteiger partial charge in [-0.1, -0.05) is 63.1 Å². The minimum atomic E-state index is 0.421. The Morgan fingerprint density at radius 3 is 1.30 bits per heavy atom. The van der Waals surface area contributed by atoms with Crippen molar-refractivity contribution < 1.29 is 10.2 Å². The highest BCUT2D eigenvalue weighted by Crippen LogP contribution is 2.17. The summed E-state index contributed by atoms with van der Waals surface area (Å²) in [7, 11) is 0. The monoisotopic (exact) mass is 272 g/mol. The average Bonchev–Trinajstić information content (AvgIpc) is 2.45. The van der Waals surface area contributed by atoms with Crippen LogP contribution in [0.3, 0.4) is 0 Å². The summed E-state index contributed by atoms with van der Waals surface area (Å²) in [6.45, 7) is 4.21. The number of rotatable bonds is 4. The molecule has 0 spiro atoms. The Morgan fingerprint density at radius 1 is 0.650 bits per heavy atom. The molecule has 2 rings (SSSR count). The summed E-state index contributed by atoms with van der Waals surface area (Å²) < 4.78 is 0. The molecule has 108 valence electrons. The van der Waals surface area contributed by atoms with Crippen LogP contribution in [-0.2, 0) is 12.8 Å². The van der Waals surface area contributed by atoms with Crippen molar-refractivity contribution in [3.63, 3.8) is 0 Å². The van der Waals surface area contributed by atoms with Gasteiger partial charge < -0.3 is 10.2 Å². The Labute approximate surface area is 121 Å². The van der Waals surface area contributed by atoms with Gasteiger partial charge in [0.05, 0.1) is 0 Å². The molecule has 2 nitrogen and oxygen atoms in total. The van der Waals surface area contributed by atoms with Gasteiger partial charge in [0, 0.05) is 0 Å². The fraction of sp³-hybridized carbons (Fsp3) is 0.333. The molecule has 0 radical (unpaired) electrons. The fourth-order valence-corrected chi connectivity index (χ4v) is 1.98. The molecule has 0 fully saturated rings. The van der Waals surface area contributed by atoms with Crippen LogP contribution in [0.4, 0.5) is 0 Å². The van der Waals surface area contributed by atoms with Gasteiger partial charge in [0.2, 0.25) is 0 Å². The van der Waals surface area contributed by atoms with Gasteiger partial charge >= 0.3 is 0 Å². The van der Waals surface area contributed by atoms with Gasteiger partial charge in [-0.15, -0.1) is 0 Å². The van der Waals surface area contributed by atoms with Crippen LogP contribution in [0.5, 0.6) is 11.5 Å². The highest BCUT2D eigenvalue weighted by atomic mass is 16.3. The normalized spacial score (nSPS) is 9.70. The molecule has 2 heteroatoms. The van der Waals surface area contributed by atoms with Gasteiger partial charge in [0.25, 0.3) is 0 Å². The maximum Gasteiger partial charge on any atom is 0.118 e. The first kappa shape index (κ1) is 16.1. The number of phenolic OH excluding ortho intramolecular Hbond substituents is 2. The maximum absolute atomic E-state index is 9.24. The molecule has 0 saturated heterocycles. The SMILES string of the molecule is CCCc1ccccc1O.CCCc1ccccc1O. The molecule has 0 heterocycles. The number of aromatic hydroxyl groups is 2. The van der Waals surface area contributed by atoms with Gasteiger partial charge in [0.1, 0.15) is 11.5 Å². The highest BCUT2D eigenvalue weighted by molar-refractivity contribution is 5.32. The van der Waals surface area contributed by atoms with Crippen molar-refractivity contribution in [1.29, 1.82) is 0 Å². The van der Waals surface area contributed by atoms with Crippen molar-refractivity contribution in [3.8, 4) is 11.5 Å². The third kappa shape index (κ3) is 5.35. The fourth-order valence-electron chi connectivity index (χ4n) is 1.98. The molecule has 0 atom stereocenters. The topological polar surface area (TPSA) is 40.5 Å². The van der Waals surface area contributed by atoms with E-state index in [-0.39, 0.29) is 0 Å². The molecular weight excluding hydrogens is 248 g/mol. The zero-order valence-electron chi connectivity index (χ0n) is 12.3. The molecule has 0 aliphatic carbocycles. The van der Waals surface area contributed by atoms with Crippen LogP contribution in [0.15, 0.2) is 48.5 Å². The minimum absolute atomic E-state index is 0.421. The van der Waals surface area contributed by atoms with E-state index in [9.17, 15) is 10.2 Å². The number of benzene rings is 2. The Balaban J connectivity index is 0.000000200. The quantitative estimate of drug-likeness (QED) is 0.847. The van der Waals surface area contributed by atoms with E-state index in [4.69, 9.17) is 0 Å². The van der Waals surface area contributed by atoms with Crippen LogP contribution in [0.1, 0.15) is 37.8 Å². The maximum atomic E-state index is 9.24. The summed E-state index contributed by atoms with van der Waals surface area (Å²) in [4.78, 5) is 0. The van der Waals surface area contributed by atoms with E-state index >= 15 is 0 Å². The molecule has 0 unspecified atom stereocenters. The lowest BCUT2D eigenvalue weighted by Crippen LogP contribution is -1.81. The summed E-state index contributed by atoms with van der Waals surface area (Å²) in [5.74, 6) is 0.841. The van der Waals surface area contributed by atoms with Crippen LogP contribution < -0.4 is 0 Å². The molecule has 0 saturated carbocycles. The largest absolute Gasteiger partial charge is 0.508 e. The molecule has 20 heavy (non-hydrogen) atoms. The second-order valence-corrected chi connectivity index (χ2v) is 4.76. The van der Waals surface area contributed by atoms with Crippen molar-refractivity contribution in [2.45, 2.75) is 39.5 Å².